The van der Waals surface area contributed by atoms with E-state index in [1.807, 2.05) is 19.9 Å². The number of carbonyl (C=O) groups is 1. The fourth-order valence-electron chi connectivity index (χ4n) is 3.00. The number of esters is 1. The molecule has 0 aliphatic heterocycles. The summed E-state index contributed by atoms with van der Waals surface area (Å²) in [5.74, 6) is 3.15. The molecule has 3 aromatic rings. The fourth-order valence-corrected chi connectivity index (χ4v) is 3.00. The largest absolute Gasteiger partial charge is 0.493 e. The van der Waals surface area contributed by atoms with Crippen LogP contribution in [0.25, 0.3) is 11.5 Å². The zero-order valence-corrected chi connectivity index (χ0v) is 17.6. The number of nitrogens with zero attached hydrogens (tertiary/aromatic N) is 2. The summed E-state index contributed by atoms with van der Waals surface area (Å²) in [6, 6.07) is 5.42. The van der Waals surface area contributed by atoms with E-state index in [0.29, 0.717) is 35.3 Å². The fraction of sp³-hybridized carbons (Fsp3) is 0.381. The van der Waals surface area contributed by atoms with Gasteiger partial charge in [-0.3, -0.25) is 4.79 Å². The first-order chi connectivity index (χ1) is 14.4. The second-order valence-corrected chi connectivity index (χ2v) is 6.52. The molecule has 0 N–H and O–H groups in total. The van der Waals surface area contributed by atoms with Crippen molar-refractivity contribution in [2.24, 2.45) is 0 Å². The summed E-state index contributed by atoms with van der Waals surface area (Å²) in [6.45, 7) is 3.55. The molecule has 160 valence electrons. The van der Waals surface area contributed by atoms with Gasteiger partial charge in [0.2, 0.25) is 5.75 Å². The van der Waals surface area contributed by atoms with Crippen LogP contribution in [0.3, 0.4) is 0 Å². The van der Waals surface area contributed by atoms with Crippen molar-refractivity contribution in [1.82, 2.24) is 10.2 Å². The van der Waals surface area contributed by atoms with Crippen LogP contribution < -0.4 is 14.2 Å². The number of methoxy groups -OCH3 is 3. The maximum Gasteiger partial charge on any atom is 0.306 e. The summed E-state index contributed by atoms with van der Waals surface area (Å²) in [4.78, 5) is 12.1. The predicted molar refractivity (Wildman–Crippen MR) is 106 cm³/mol. The molecule has 0 bridgehead atoms. The molecule has 0 unspecified atom stereocenters. The quantitative estimate of drug-likeness (QED) is 0.483. The van der Waals surface area contributed by atoms with Gasteiger partial charge in [0.05, 0.1) is 26.9 Å². The Kier molecular flexibility index (Phi) is 6.61. The Morgan fingerprint density at radius 2 is 1.67 bits per heavy atom. The van der Waals surface area contributed by atoms with Gasteiger partial charge in [0, 0.05) is 6.42 Å². The highest BCUT2D eigenvalue weighted by atomic mass is 16.5. The van der Waals surface area contributed by atoms with Crippen molar-refractivity contribution in [2.75, 3.05) is 21.3 Å². The van der Waals surface area contributed by atoms with Gasteiger partial charge in [0.15, 0.2) is 18.1 Å². The summed E-state index contributed by atoms with van der Waals surface area (Å²) in [5.41, 5.74) is 1.58. The number of carbonyl (C=O) groups excluding carboxylic acids is 1. The molecule has 0 radical (unpaired) electrons. The molecule has 0 atom stereocenters. The average Bonchev–Trinajstić information content (AvgIpc) is 3.35. The third kappa shape index (κ3) is 4.73. The third-order valence-corrected chi connectivity index (χ3v) is 4.44. The predicted octanol–water partition coefficient (Wildman–Crippen LogP) is 3.65. The van der Waals surface area contributed by atoms with Crippen LogP contribution in [0.15, 0.2) is 27.0 Å². The van der Waals surface area contributed by atoms with E-state index in [9.17, 15) is 4.79 Å². The first-order valence-electron chi connectivity index (χ1n) is 9.29. The van der Waals surface area contributed by atoms with Gasteiger partial charge < -0.3 is 27.8 Å². The van der Waals surface area contributed by atoms with Crippen LogP contribution in [0.4, 0.5) is 0 Å². The standard InChI is InChI=1S/C21H24N2O7/c1-12-8-15(13(2)29-12)21-23-22-18(30-21)11-28-19(24)7-6-14-9-16(25-3)20(27-5)17(10-14)26-4/h8-10H,6-7,11H2,1-5H3. The molecule has 0 aliphatic rings. The molecule has 30 heavy (non-hydrogen) atoms. The molecule has 9 nitrogen and oxygen atoms in total. The Morgan fingerprint density at radius 1 is 0.967 bits per heavy atom. The van der Waals surface area contributed by atoms with Gasteiger partial charge in [-0.2, -0.15) is 0 Å². The number of hydrogen-bond donors (Lipinski definition) is 0. The number of hydrogen-bond acceptors (Lipinski definition) is 9. The Hall–Kier alpha value is -3.49. The lowest BCUT2D eigenvalue weighted by Gasteiger charge is -2.14. The van der Waals surface area contributed by atoms with Crippen LogP contribution in [0.1, 0.15) is 29.4 Å². The second-order valence-electron chi connectivity index (χ2n) is 6.52. The zero-order chi connectivity index (χ0) is 21.7. The molecular weight excluding hydrogens is 392 g/mol. The van der Waals surface area contributed by atoms with Crippen molar-refractivity contribution in [2.45, 2.75) is 33.3 Å². The van der Waals surface area contributed by atoms with Crippen molar-refractivity contribution < 1.29 is 32.6 Å². The molecule has 0 spiro atoms. The van der Waals surface area contributed by atoms with Crippen LogP contribution in [0, 0.1) is 13.8 Å². The van der Waals surface area contributed by atoms with Crippen LogP contribution in [0.2, 0.25) is 0 Å². The smallest absolute Gasteiger partial charge is 0.306 e. The molecule has 0 saturated heterocycles. The lowest BCUT2D eigenvalue weighted by molar-refractivity contribution is -0.145. The summed E-state index contributed by atoms with van der Waals surface area (Å²) in [6.07, 6.45) is 0.609. The zero-order valence-electron chi connectivity index (χ0n) is 17.6. The van der Waals surface area contributed by atoms with E-state index < -0.39 is 0 Å². The highest BCUT2D eigenvalue weighted by molar-refractivity contribution is 5.70. The summed E-state index contributed by atoms with van der Waals surface area (Å²) in [5, 5.41) is 7.89. The van der Waals surface area contributed by atoms with Gasteiger partial charge in [-0.25, -0.2) is 0 Å². The number of aromatic nitrogens is 2. The van der Waals surface area contributed by atoms with Crippen molar-refractivity contribution >= 4 is 5.97 Å². The van der Waals surface area contributed by atoms with Gasteiger partial charge in [0.1, 0.15) is 11.5 Å². The third-order valence-electron chi connectivity index (χ3n) is 4.44. The van der Waals surface area contributed by atoms with Gasteiger partial charge in [-0.05, 0) is 44.0 Å². The summed E-state index contributed by atoms with van der Waals surface area (Å²) in [7, 11) is 4.62. The van der Waals surface area contributed by atoms with E-state index in [1.54, 1.807) is 26.4 Å². The molecule has 0 fully saturated rings. The molecule has 3 rings (SSSR count). The minimum absolute atomic E-state index is 0.100. The lowest BCUT2D eigenvalue weighted by atomic mass is 10.1. The van der Waals surface area contributed by atoms with E-state index in [-0.39, 0.29) is 24.9 Å². The summed E-state index contributed by atoms with van der Waals surface area (Å²) < 4.78 is 32.2. The number of aryl methyl sites for hydroxylation is 3. The molecular formula is C21H24N2O7. The van der Waals surface area contributed by atoms with Crippen molar-refractivity contribution in [3.05, 3.63) is 41.2 Å². The topological polar surface area (TPSA) is 106 Å². The van der Waals surface area contributed by atoms with Crippen LogP contribution in [-0.4, -0.2) is 37.5 Å². The van der Waals surface area contributed by atoms with E-state index in [4.69, 9.17) is 27.8 Å². The van der Waals surface area contributed by atoms with Crippen molar-refractivity contribution in [3.63, 3.8) is 0 Å². The Bertz CT molecular complexity index is 997. The number of rotatable bonds is 9. The average molecular weight is 416 g/mol. The van der Waals surface area contributed by atoms with Gasteiger partial charge in [0.25, 0.3) is 11.8 Å². The highest BCUT2D eigenvalue weighted by Crippen LogP contribution is 2.38. The SMILES string of the molecule is COc1cc(CCC(=O)OCc2nnc(-c3cc(C)oc3C)o2)cc(OC)c1OC. The minimum Gasteiger partial charge on any atom is -0.493 e. The highest BCUT2D eigenvalue weighted by Gasteiger charge is 2.17. The van der Waals surface area contributed by atoms with Crippen LogP contribution in [0.5, 0.6) is 17.2 Å². The minimum atomic E-state index is -0.390. The Balaban J connectivity index is 1.56. The number of ether oxygens (including phenoxy) is 4. The maximum absolute atomic E-state index is 12.1. The normalized spacial score (nSPS) is 10.7. The molecule has 9 heteroatoms. The maximum atomic E-state index is 12.1. The molecule has 1 aromatic carbocycles. The van der Waals surface area contributed by atoms with Crippen molar-refractivity contribution in [1.29, 1.82) is 0 Å². The first-order valence-corrected chi connectivity index (χ1v) is 9.29. The molecule has 0 aliphatic carbocycles. The first kappa shape index (κ1) is 21.2. The van der Waals surface area contributed by atoms with E-state index in [2.05, 4.69) is 10.2 Å². The number of benzene rings is 1. The monoisotopic (exact) mass is 416 g/mol. The number of furan rings is 1. The Morgan fingerprint density at radius 3 is 2.23 bits per heavy atom. The molecule has 0 amide bonds. The van der Waals surface area contributed by atoms with Gasteiger partial charge in [-0.1, -0.05) is 0 Å². The van der Waals surface area contributed by atoms with E-state index >= 15 is 0 Å². The Labute approximate surface area is 173 Å². The van der Waals surface area contributed by atoms with Crippen molar-refractivity contribution in [3.8, 4) is 28.7 Å². The molecule has 2 heterocycles. The lowest BCUT2D eigenvalue weighted by Crippen LogP contribution is -2.06. The van der Waals surface area contributed by atoms with E-state index in [1.165, 1.54) is 7.11 Å². The molecule has 2 aromatic heterocycles. The summed E-state index contributed by atoms with van der Waals surface area (Å²) >= 11 is 0. The van der Waals surface area contributed by atoms with E-state index in [0.717, 1.165) is 16.9 Å². The second kappa shape index (κ2) is 9.34. The van der Waals surface area contributed by atoms with Crippen LogP contribution in [-0.2, 0) is 22.6 Å². The molecule has 0 saturated carbocycles. The van der Waals surface area contributed by atoms with Gasteiger partial charge >= 0.3 is 5.97 Å². The van der Waals surface area contributed by atoms with Gasteiger partial charge in [-0.15, -0.1) is 10.2 Å². The van der Waals surface area contributed by atoms with Crippen LogP contribution >= 0.6 is 0 Å².